The predicted molar refractivity (Wildman–Crippen MR) is 96.4 cm³/mol. The number of ether oxygens (including phenoxy) is 1. The van der Waals surface area contributed by atoms with Crippen molar-refractivity contribution in [1.82, 2.24) is 5.32 Å². The van der Waals surface area contributed by atoms with Crippen LogP contribution in [0.25, 0.3) is 0 Å². The van der Waals surface area contributed by atoms with Crippen LogP contribution in [-0.2, 0) is 0 Å². The molecule has 126 valence electrons. The molecule has 3 nitrogen and oxygen atoms in total. The van der Waals surface area contributed by atoms with E-state index in [0.717, 1.165) is 12.2 Å². The Hall–Kier alpha value is -2.29. The smallest absolute Gasteiger partial charge is 0.251 e. The monoisotopic (exact) mass is 323 g/mol. The summed E-state index contributed by atoms with van der Waals surface area (Å²) in [7, 11) is 0. The summed E-state index contributed by atoms with van der Waals surface area (Å²) in [5.74, 6) is 2.62. The first-order valence-corrected chi connectivity index (χ1v) is 8.77. The number of hydrogen-bond donors (Lipinski definition) is 1. The third kappa shape index (κ3) is 3.97. The molecule has 3 heteroatoms. The zero-order chi connectivity index (χ0) is 16.9. The second-order valence-electron chi connectivity index (χ2n) is 6.79. The van der Waals surface area contributed by atoms with Gasteiger partial charge in [0.1, 0.15) is 11.5 Å². The van der Waals surface area contributed by atoms with Gasteiger partial charge in [-0.1, -0.05) is 51.0 Å². The highest BCUT2D eigenvalue weighted by Gasteiger charge is 2.28. The van der Waals surface area contributed by atoms with E-state index in [1.54, 1.807) is 6.07 Å². The molecule has 2 aromatic rings. The van der Waals surface area contributed by atoms with Crippen LogP contribution in [0.5, 0.6) is 11.5 Å². The van der Waals surface area contributed by atoms with Crippen molar-refractivity contribution < 1.29 is 9.53 Å². The summed E-state index contributed by atoms with van der Waals surface area (Å²) in [6, 6.07) is 17.2. The Bertz CT molecular complexity index is 683. The van der Waals surface area contributed by atoms with Crippen LogP contribution in [-0.4, -0.2) is 11.9 Å². The molecule has 3 unspecified atom stereocenters. The lowest BCUT2D eigenvalue weighted by atomic mass is 9.78. The fourth-order valence-electron chi connectivity index (χ4n) is 3.36. The minimum atomic E-state index is -0.0144. The minimum Gasteiger partial charge on any atom is -0.457 e. The van der Waals surface area contributed by atoms with Crippen LogP contribution >= 0.6 is 0 Å². The molecule has 0 saturated heterocycles. The maximum Gasteiger partial charge on any atom is 0.251 e. The second-order valence-corrected chi connectivity index (χ2v) is 6.79. The van der Waals surface area contributed by atoms with Crippen molar-refractivity contribution >= 4 is 5.91 Å². The molecule has 24 heavy (non-hydrogen) atoms. The van der Waals surface area contributed by atoms with Gasteiger partial charge in [-0.05, 0) is 48.6 Å². The standard InChI is InChI=1S/C21H25NO2/c1-15-8-6-13-20(16(15)2)22-21(23)17-9-7-12-19(14-17)24-18-10-4-3-5-11-18/h3-5,7,9-12,14-16,20H,6,8,13H2,1-2H3,(H,22,23). The Morgan fingerprint density at radius 2 is 1.75 bits per heavy atom. The molecule has 1 saturated carbocycles. The van der Waals surface area contributed by atoms with E-state index in [4.69, 9.17) is 4.74 Å². The Labute approximate surface area is 144 Å². The zero-order valence-electron chi connectivity index (χ0n) is 14.4. The third-order valence-electron chi connectivity index (χ3n) is 5.10. The summed E-state index contributed by atoms with van der Waals surface area (Å²) in [5, 5.41) is 3.21. The lowest BCUT2D eigenvalue weighted by molar-refractivity contribution is 0.0890. The SMILES string of the molecule is CC1CCCC(NC(=O)c2cccc(Oc3ccccc3)c2)C1C. The average molecular weight is 323 g/mol. The number of rotatable bonds is 4. The highest BCUT2D eigenvalue weighted by molar-refractivity contribution is 5.94. The molecule has 0 aromatic heterocycles. The number of amides is 1. The molecular formula is C21H25NO2. The van der Waals surface area contributed by atoms with Gasteiger partial charge in [0.25, 0.3) is 5.91 Å². The highest BCUT2D eigenvalue weighted by Crippen LogP contribution is 2.30. The molecule has 0 heterocycles. The largest absolute Gasteiger partial charge is 0.457 e. The highest BCUT2D eigenvalue weighted by atomic mass is 16.5. The zero-order valence-corrected chi connectivity index (χ0v) is 14.4. The maximum absolute atomic E-state index is 12.6. The van der Waals surface area contributed by atoms with E-state index in [-0.39, 0.29) is 11.9 Å². The summed E-state index contributed by atoms with van der Waals surface area (Å²) in [4.78, 5) is 12.6. The molecule has 3 rings (SSSR count). The van der Waals surface area contributed by atoms with Gasteiger partial charge < -0.3 is 10.1 Å². The van der Waals surface area contributed by atoms with Crippen LogP contribution in [0.2, 0.25) is 0 Å². The van der Waals surface area contributed by atoms with Crippen molar-refractivity contribution in [1.29, 1.82) is 0 Å². The summed E-state index contributed by atoms with van der Waals surface area (Å²) in [6.07, 6.45) is 3.51. The van der Waals surface area contributed by atoms with E-state index in [1.165, 1.54) is 12.8 Å². The van der Waals surface area contributed by atoms with Crippen molar-refractivity contribution in [3.05, 3.63) is 60.2 Å². The van der Waals surface area contributed by atoms with Crippen molar-refractivity contribution in [3.63, 3.8) is 0 Å². The fraction of sp³-hybridized carbons (Fsp3) is 0.381. The molecule has 1 aliphatic rings. The van der Waals surface area contributed by atoms with Gasteiger partial charge in [-0.15, -0.1) is 0 Å². The minimum absolute atomic E-state index is 0.0144. The van der Waals surface area contributed by atoms with Gasteiger partial charge in [0.2, 0.25) is 0 Å². The Balaban J connectivity index is 1.68. The number of carbonyl (C=O) groups excluding carboxylic acids is 1. The van der Waals surface area contributed by atoms with E-state index in [0.29, 0.717) is 23.1 Å². The summed E-state index contributed by atoms with van der Waals surface area (Å²) < 4.78 is 5.82. The van der Waals surface area contributed by atoms with Crippen molar-refractivity contribution in [2.75, 3.05) is 0 Å². The van der Waals surface area contributed by atoms with Gasteiger partial charge in [0.05, 0.1) is 0 Å². The van der Waals surface area contributed by atoms with Gasteiger partial charge in [0.15, 0.2) is 0 Å². The Morgan fingerprint density at radius 3 is 2.54 bits per heavy atom. The van der Waals surface area contributed by atoms with Crippen LogP contribution in [0.1, 0.15) is 43.5 Å². The molecule has 0 bridgehead atoms. The molecule has 3 atom stereocenters. The molecule has 1 amide bonds. The van der Waals surface area contributed by atoms with Gasteiger partial charge in [-0.25, -0.2) is 0 Å². The molecule has 1 N–H and O–H groups in total. The molecule has 0 spiro atoms. The molecule has 0 aliphatic heterocycles. The van der Waals surface area contributed by atoms with Crippen LogP contribution in [0.15, 0.2) is 54.6 Å². The van der Waals surface area contributed by atoms with Crippen LogP contribution in [0, 0.1) is 11.8 Å². The van der Waals surface area contributed by atoms with E-state index in [9.17, 15) is 4.79 Å². The lowest BCUT2D eigenvalue weighted by Gasteiger charge is -2.34. The number of para-hydroxylation sites is 1. The van der Waals surface area contributed by atoms with Crippen LogP contribution < -0.4 is 10.1 Å². The summed E-state index contributed by atoms with van der Waals surface area (Å²) in [5.41, 5.74) is 0.647. The van der Waals surface area contributed by atoms with E-state index in [1.807, 2.05) is 48.5 Å². The molecule has 1 fully saturated rings. The number of hydrogen-bond acceptors (Lipinski definition) is 2. The van der Waals surface area contributed by atoms with Gasteiger partial charge >= 0.3 is 0 Å². The third-order valence-corrected chi connectivity index (χ3v) is 5.10. The van der Waals surface area contributed by atoms with Gasteiger partial charge in [0, 0.05) is 11.6 Å². The topological polar surface area (TPSA) is 38.3 Å². The predicted octanol–water partition coefficient (Wildman–Crippen LogP) is 5.03. The maximum atomic E-state index is 12.6. The molecule has 2 aromatic carbocycles. The molecular weight excluding hydrogens is 298 g/mol. The van der Waals surface area contributed by atoms with E-state index in [2.05, 4.69) is 19.2 Å². The number of benzene rings is 2. The van der Waals surface area contributed by atoms with Crippen molar-refractivity contribution in [2.24, 2.45) is 11.8 Å². The van der Waals surface area contributed by atoms with Crippen molar-refractivity contribution in [2.45, 2.75) is 39.2 Å². The average Bonchev–Trinajstić information content (AvgIpc) is 2.60. The molecule has 1 aliphatic carbocycles. The van der Waals surface area contributed by atoms with Crippen molar-refractivity contribution in [3.8, 4) is 11.5 Å². The number of carbonyl (C=O) groups is 1. The van der Waals surface area contributed by atoms with Gasteiger partial charge in [-0.3, -0.25) is 4.79 Å². The Morgan fingerprint density at radius 1 is 1.00 bits per heavy atom. The summed E-state index contributed by atoms with van der Waals surface area (Å²) >= 11 is 0. The molecule has 0 radical (unpaired) electrons. The first-order chi connectivity index (χ1) is 11.6. The second kappa shape index (κ2) is 7.52. The summed E-state index contributed by atoms with van der Waals surface area (Å²) in [6.45, 7) is 4.51. The quantitative estimate of drug-likeness (QED) is 0.856. The van der Waals surface area contributed by atoms with Crippen LogP contribution in [0.4, 0.5) is 0 Å². The normalized spacial score (nSPS) is 23.5. The lowest BCUT2D eigenvalue weighted by Crippen LogP contribution is -2.43. The van der Waals surface area contributed by atoms with E-state index >= 15 is 0 Å². The Kier molecular flexibility index (Phi) is 5.19. The first-order valence-electron chi connectivity index (χ1n) is 8.77. The van der Waals surface area contributed by atoms with E-state index < -0.39 is 0 Å². The van der Waals surface area contributed by atoms with Crippen LogP contribution in [0.3, 0.4) is 0 Å². The number of nitrogens with one attached hydrogen (secondary N) is 1. The first kappa shape index (κ1) is 16.6. The van der Waals surface area contributed by atoms with Gasteiger partial charge in [-0.2, -0.15) is 0 Å². The fourth-order valence-corrected chi connectivity index (χ4v) is 3.36.